The molecule has 12 heavy (non-hydrogen) atoms. The lowest BCUT2D eigenvalue weighted by molar-refractivity contribution is 0.419. The van der Waals surface area contributed by atoms with Crippen LogP contribution in [0.4, 0.5) is 4.39 Å². The first-order valence-corrected chi connectivity index (χ1v) is 3.44. The normalized spacial score (nSPS) is 10.0. The van der Waals surface area contributed by atoms with Crippen LogP contribution in [0, 0.1) is 5.82 Å². The fraction of sp³-hybridized carbons (Fsp3) is 0. The van der Waals surface area contributed by atoms with Crippen molar-refractivity contribution in [3.8, 4) is 5.75 Å². The van der Waals surface area contributed by atoms with Crippen molar-refractivity contribution in [3.63, 3.8) is 0 Å². The molecular weight excluding hydrogens is 185 g/mol. The van der Waals surface area contributed by atoms with E-state index in [4.69, 9.17) is 26.8 Å². The molecule has 0 unspecified atom stereocenters. The van der Waals surface area contributed by atoms with E-state index < -0.39 is 18.7 Å². The van der Waals surface area contributed by atoms with Crippen LogP contribution < -0.4 is 5.46 Å². The monoisotopic (exact) mass is 190 g/mol. The summed E-state index contributed by atoms with van der Waals surface area (Å²) in [5, 5.41) is 26.1. The van der Waals surface area contributed by atoms with Gasteiger partial charge in [-0.3, -0.25) is 0 Å². The molecule has 0 atom stereocenters. The van der Waals surface area contributed by atoms with E-state index in [0.717, 1.165) is 12.1 Å². The third-order valence-corrected chi connectivity index (χ3v) is 1.64. The molecule has 0 aliphatic carbocycles. The Hall–Kier alpha value is -0.775. The van der Waals surface area contributed by atoms with Gasteiger partial charge < -0.3 is 15.2 Å². The Morgan fingerprint density at radius 1 is 1.33 bits per heavy atom. The number of hydrogen-bond donors (Lipinski definition) is 3. The van der Waals surface area contributed by atoms with E-state index >= 15 is 0 Å². The molecule has 0 aromatic heterocycles. The molecule has 0 radical (unpaired) electrons. The largest absolute Gasteiger partial charge is 0.508 e. The second-order valence-electron chi connectivity index (χ2n) is 2.19. The summed E-state index contributed by atoms with van der Waals surface area (Å²) in [4.78, 5) is 0. The predicted molar refractivity (Wildman–Crippen MR) is 42.9 cm³/mol. The van der Waals surface area contributed by atoms with E-state index in [1.165, 1.54) is 0 Å². The van der Waals surface area contributed by atoms with Gasteiger partial charge in [0, 0.05) is 16.6 Å². The molecule has 0 fully saturated rings. The Bertz CT molecular complexity index is 282. The van der Waals surface area contributed by atoms with E-state index in [2.05, 4.69) is 0 Å². The summed E-state index contributed by atoms with van der Waals surface area (Å²) in [6.45, 7) is 0. The fourth-order valence-corrected chi connectivity index (χ4v) is 1.13. The van der Waals surface area contributed by atoms with Gasteiger partial charge >= 0.3 is 7.12 Å². The lowest BCUT2D eigenvalue weighted by Gasteiger charge is -2.04. The third-order valence-electron chi connectivity index (χ3n) is 1.33. The number of benzene rings is 1. The Balaban J connectivity index is 3.28. The summed E-state index contributed by atoms with van der Waals surface area (Å²) in [5.74, 6) is -1.31. The van der Waals surface area contributed by atoms with Gasteiger partial charge in [-0.15, -0.1) is 0 Å². The van der Waals surface area contributed by atoms with Crippen LogP contribution in [0.3, 0.4) is 0 Å². The topological polar surface area (TPSA) is 60.7 Å². The van der Waals surface area contributed by atoms with Gasteiger partial charge in [-0.1, -0.05) is 11.6 Å². The molecule has 6 heteroatoms. The summed E-state index contributed by atoms with van der Waals surface area (Å²) in [5.41, 5.74) is -0.293. The molecule has 64 valence electrons. The van der Waals surface area contributed by atoms with Gasteiger partial charge in [0.25, 0.3) is 0 Å². The minimum Gasteiger partial charge on any atom is -0.508 e. The number of phenols is 1. The molecule has 0 heterocycles. The fourth-order valence-electron chi connectivity index (χ4n) is 0.827. The van der Waals surface area contributed by atoms with Gasteiger partial charge in [0.1, 0.15) is 11.6 Å². The maximum atomic E-state index is 12.5. The van der Waals surface area contributed by atoms with Crippen molar-refractivity contribution < 1.29 is 19.5 Å². The number of rotatable bonds is 1. The van der Waals surface area contributed by atoms with Crippen LogP contribution in [0.5, 0.6) is 5.75 Å². The Kier molecular flexibility index (Phi) is 2.57. The van der Waals surface area contributed by atoms with Crippen LogP contribution in [0.15, 0.2) is 12.1 Å². The van der Waals surface area contributed by atoms with Crippen LogP contribution in [0.2, 0.25) is 5.02 Å². The highest BCUT2D eigenvalue weighted by Gasteiger charge is 2.20. The van der Waals surface area contributed by atoms with Crippen molar-refractivity contribution in [2.75, 3.05) is 0 Å². The Morgan fingerprint density at radius 2 is 1.92 bits per heavy atom. The minimum absolute atomic E-state index is 0.220. The zero-order valence-electron chi connectivity index (χ0n) is 5.83. The summed E-state index contributed by atoms with van der Waals surface area (Å²) < 4.78 is 12.5. The standard InChI is InChI=1S/C6H5BClFO3/c8-4-1-3(9)2-5(10)6(4)7(11)12/h1-2,10-12H. The molecule has 0 saturated heterocycles. The van der Waals surface area contributed by atoms with E-state index in [1.807, 2.05) is 0 Å². The maximum Gasteiger partial charge on any atom is 0.493 e. The first kappa shape index (κ1) is 9.31. The highest BCUT2D eigenvalue weighted by atomic mass is 35.5. The molecule has 3 nitrogen and oxygen atoms in total. The zero-order chi connectivity index (χ0) is 9.30. The van der Waals surface area contributed by atoms with E-state index in [9.17, 15) is 4.39 Å². The molecule has 0 spiro atoms. The molecular formula is C6H5BClFO3. The summed E-state index contributed by atoms with van der Waals surface area (Å²) in [6, 6.07) is 1.64. The zero-order valence-corrected chi connectivity index (χ0v) is 6.59. The smallest absolute Gasteiger partial charge is 0.493 e. The molecule has 3 N–H and O–H groups in total. The number of halogens is 2. The molecule has 1 aromatic carbocycles. The third kappa shape index (κ3) is 1.69. The van der Waals surface area contributed by atoms with Gasteiger partial charge in [-0.25, -0.2) is 4.39 Å². The summed E-state index contributed by atoms with van der Waals surface area (Å²) in [7, 11) is -1.90. The van der Waals surface area contributed by atoms with Crippen LogP contribution in [-0.2, 0) is 0 Å². The first-order chi connectivity index (χ1) is 5.52. The number of phenolic OH excluding ortho intramolecular Hbond substituents is 1. The number of aromatic hydroxyl groups is 1. The van der Waals surface area contributed by atoms with Crippen molar-refractivity contribution in [2.45, 2.75) is 0 Å². The SMILES string of the molecule is OB(O)c1c(O)cc(F)cc1Cl. The average molecular weight is 190 g/mol. The second-order valence-corrected chi connectivity index (χ2v) is 2.60. The number of hydrogen-bond acceptors (Lipinski definition) is 3. The van der Waals surface area contributed by atoms with Crippen molar-refractivity contribution in [3.05, 3.63) is 23.0 Å². The van der Waals surface area contributed by atoms with Gasteiger partial charge in [0.15, 0.2) is 0 Å². The van der Waals surface area contributed by atoms with Crippen molar-refractivity contribution in [1.82, 2.24) is 0 Å². The molecule has 0 amide bonds. The summed E-state index contributed by atoms with van der Waals surface area (Å²) >= 11 is 5.41. The Labute approximate surface area is 73.2 Å². The quantitative estimate of drug-likeness (QED) is 0.540. The lowest BCUT2D eigenvalue weighted by atomic mass is 9.79. The van der Waals surface area contributed by atoms with Crippen LogP contribution in [0.25, 0.3) is 0 Å². The highest BCUT2D eigenvalue weighted by molar-refractivity contribution is 6.63. The molecule has 1 rings (SSSR count). The van der Waals surface area contributed by atoms with Crippen molar-refractivity contribution >= 4 is 24.2 Å². The van der Waals surface area contributed by atoms with E-state index in [0.29, 0.717) is 0 Å². The highest BCUT2D eigenvalue weighted by Crippen LogP contribution is 2.16. The average Bonchev–Trinajstić information content (AvgIpc) is 1.82. The Morgan fingerprint density at radius 3 is 2.33 bits per heavy atom. The minimum atomic E-state index is -1.90. The van der Waals surface area contributed by atoms with Gasteiger partial charge in [0.2, 0.25) is 0 Å². The molecule has 0 bridgehead atoms. The van der Waals surface area contributed by atoms with E-state index in [1.54, 1.807) is 0 Å². The summed E-state index contributed by atoms with van der Waals surface area (Å²) in [6.07, 6.45) is 0. The first-order valence-electron chi connectivity index (χ1n) is 3.06. The molecule has 0 aliphatic rings. The van der Waals surface area contributed by atoms with Gasteiger partial charge in [-0.2, -0.15) is 0 Å². The maximum absolute atomic E-state index is 12.5. The van der Waals surface area contributed by atoms with Gasteiger partial charge in [-0.05, 0) is 6.07 Å². The van der Waals surface area contributed by atoms with Gasteiger partial charge in [0.05, 0.1) is 0 Å². The molecule has 1 aromatic rings. The predicted octanol–water partition coefficient (Wildman–Crippen LogP) is -0.136. The molecule has 0 saturated carbocycles. The van der Waals surface area contributed by atoms with Crippen LogP contribution >= 0.6 is 11.6 Å². The van der Waals surface area contributed by atoms with E-state index in [-0.39, 0.29) is 10.5 Å². The molecule has 0 aliphatic heterocycles. The second kappa shape index (κ2) is 3.31. The van der Waals surface area contributed by atoms with Crippen LogP contribution in [-0.4, -0.2) is 22.3 Å². The van der Waals surface area contributed by atoms with Crippen LogP contribution in [0.1, 0.15) is 0 Å². The lowest BCUT2D eigenvalue weighted by Crippen LogP contribution is -2.31. The van der Waals surface area contributed by atoms with Crippen molar-refractivity contribution in [1.29, 1.82) is 0 Å². The van der Waals surface area contributed by atoms with Crippen molar-refractivity contribution in [2.24, 2.45) is 0 Å².